The van der Waals surface area contributed by atoms with Crippen molar-refractivity contribution in [2.24, 2.45) is 0 Å². The Morgan fingerprint density at radius 1 is 0.976 bits per heavy atom. The van der Waals surface area contributed by atoms with Gasteiger partial charge in [-0.2, -0.15) is 17.8 Å². The van der Waals surface area contributed by atoms with Gasteiger partial charge >= 0.3 is 0 Å². The molecule has 0 bridgehead atoms. The number of carbonyl (C=O) groups excluding carboxylic acids is 1. The minimum absolute atomic E-state index is 0.174. The Labute approximate surface area is 248 Å². The molecule has 216 valence electrons. The summed E-state index contributed by atoms with van der Waals surface area (Å²) in [6, 6.07) is 16.0. The fourth-order valence-corrected chi connectivity index (χ4v) is 7.98. The number of hydrogen-bond acceptors (Lipinski definition) is 8. The van der Waals surface area contributed by atoms with Crippen molar-refractivity contribution in [2.45, 2.75) is 30.6 Å². The minimum atomic E-state index is -4.28. The third-order valence-corrected chi connectivity index (χ3v) is 10.8. The number of para-hydroxylation sites is 1. The summed E-state index contributed by atoms with van der Waals surface area (Å²) in [5.74, 6) is -1.12. The number of benzene rings is 2. The second-order valence-corrected chi connectivity index (χ2v) is 14.9. The first-order valence-corrected chi connectivity index (χ1v) is 17.3. The summed E-state index contributed by atoms with van der Waals surface area (Å²) in [6.45, 7) is 0.702. The second kappa shape index (κ2) is 12.2. The van der Waals surface area contributed by atoms with Gasteiger partial charge in [-0.1, -0.05) is 67.2 Å². The summed E-state index contributed by atoms with van der Waals surface area (Å²) >= 11 is 6.31. The Bertz CT molecular complexity index is 1710. The Balaban J connectivity index is 1.54. The lowest BCUT2D eigenvalue weighted by Gasteiger charge is -2.20. The van der Waals surface area contributed by atoms with Crippen molar-refractivity contribution in [2.75, 3.05) is 25.4 Å². The molecule has 0 unspecified atom stereocenters. The van der Waals surface area contributed by atoms with E-state index in [1.807, 2.05) is 30.3 Å². The average Bonchev–Trinajstić information content (AvgIpc) is 3.33. The molecule has 3 aromatic rings. The topological polar surface area (TPSA) is 130 Å². The van der Waals surface area contributed by atoms with Gasteiger partial charge < -0.3 is 0 Å². The standard InChI is InChI=1S/C27H28N4O6S4/c32-26-24(39-27(38)30(26)15-16-40(33,34)35)18-21-19-31(22-10-4-3-5-11-22)28-25(21)20-9-8-12-23(17-20)41(36,37)29-13-6-1-2-7-14-29/h3-5,8-12,17-19H,1-2,6-7,13-16H2,(H,33,34,35). The first kappa shape index (κ1) is 29.6. The van der Waals surface area contributed by atoms with E-state index in [0.717, 1.165) is 48.0 Å². The Kier molecular flexibility index (Phi) is 8.78. The summed E-state index contributed by atoms with van der Waals surface area (Å²) < 4.78 is 62.0. The SMILES string of the molecule is O=C1C(=Cc2cn(-c3ccccc3)nc2-c2cccc(S(=O)(=O)N3CCCCCC3)c2)SC(=S)N1CCS(=O)(=O)O. The van der Waals surface area contributed by atoms with Crippen LogP contribution in [0.25, 0.3) is 23.0 Å². The highest BCUT2D eigenvalue weighted by Crippen LogP contribution is 2.35. The smallest absolute Gasteiger partial charge is 0.266 e. The number of thiocarbonyl (C=S) groups is 1. The summed E-state index contributed by atoms with van der Waals surface area (Å²) in [7, 11) is -7.99. The van der Waals surface area contributed by atoms with Crippen LogP contribution in [-0.2, 0) is 24.9 Å². The van der Waals surface area contributed by atoms with Crippen LogP contribution in [0.1, 0.15) is 31.2 Å². The van der Waals surface area contributed by atoms with Crippen molar-refractivity contribution in [3.8, 4) is 16.9 Å². The molecule has 2 aliphatic rings. The van der Waals surface area contributed by atoms with Crippen LogP contribution in [0.3, 0.4) is 0 Å². The van der Waals surface area contributed by atoms with Crippen LogP contribution in [0, 0.1) is 0 Å². The quantitative estimate of drug-likeness (QED) is 0.221. The van der Waals surface area contributed by atoms with Gasteiger partial charge in [-0.05, 0) is 43.2 Å². The molecular formula is C27H28N4O6S4. The van der Waals surface area contributed by atoms with Gasteiger partial charge in [0.15, 0.2) is 0 Å². The van der Waals surface area contributed by atoms with Crippen molar-refractivity contribution >= 4 is 60.4 Å². The highest BCUT2D eigenvalue weighted by molar-refractivity contribution is 8.26. The van der Waals surface area contributed by atoms with Gasteiger partial charge in [-0.25, -0.2) is 13.1 Å². The molecule has 2 aromatic carbocycles. The van der Waals surface area contributed by atoms with Gasteiger partial charge in [0, 0.05) is 37.0 Å². The van der Waals surface area contributed by atoms with Crippen molar-refractivity contribution in [1.82, 2.24) is 19.0 Å². The molecule has 1 aromatic heterocycles. The molecule has 3 heterocycles. The fourth-order valence-electron chi connectivity index (χ4n) is 4.71. The Hall–Kier alpha value is -2.88. The molecule has 1 amide bonds. The maximum Gasteiger partial charge on any atom is 0.266 e. The lowest BCUT2D eigenvalue weighted by molar-refractivity contribution is -0.121. The van der Waals surface area contributed by atoms with Gasteiger partial charge in [0.2, 0.25) is 10.0 Å². The lowest BCUT2D eigenvalue weighted by Crippen LogP contribution is -2.32. The number of hydrogen-bond donors (Lipinski definition) is 1. The number of amides is 1. The van der Waals surface area contributed by atoms with Crippen LogP contribution in [0.5, 0.6) is 0 Å². The second-order valence-electron chi connectivity index (χ2n) is 9.68. The van der Waals surface area contributed by atoms with E-state index in [1.165, 1.54) is 0 Å². The molecular weight excluding hydrogens is 605 g/mol. The van der Waals surface area contributed by atoms with Gasteiger partial charge in [0.1, 0.15) is 10.0 Å². The first-order valence-electron chi connectivity index (χ1n) is 13.0. The Morgan fingerprint density at radius 2 is 1.68 bits per heavy atom. The maximum absolute atomic E-state index is 13.5. The predicted octanol–water partition coefficient (Wildman–Crippen LogP) is 4.19. The van der Waals surface area contributed by atoms with Crippen LogP contribution in [0.2, 0.25) is 0 Å². The molecule has 0 aliphatic carbocycles. The average molecular weight is 633 g/mol. The zero-order valence-corrected chi connectivity index (χ0v) is 25.2. The maximum atomic E-state index is 13.5. The van der Waals surface area contributed by atoms with E-state index in [2.05, 4.69) is 0 Å². The summed E-state index contributed by atoms with van der Waals surface area (Å²) in [6.07, 6.45) is 7.03. The molecule has 41 heavy (non-hydrogen) atoms. The zero-order valence-electron chi connectivity index (χ0n) is 21.9. The zero-order chi connectivity index (χ0) is 29.2. The molecule has 2 fully saturated rings. The molecule has 0 atom stereocenters. The van der Waals surface area contributed by atoms with Crippen LogP contribution < -0.4 is 0 Å². The number of nitrogens with zero attached hydrogens (tertiary/aromatic N) is 4. The minimum Gasteiger partial charge on any atom is -0.292 e. The third-order valence-electron chi connectivity index (χ3n) is 6.81. The van der Waals surface area contributed by atoms with Crippen LogP contribution in [0.15, 0.2) is 70.6 Å². The van der Waals surface area contributed by atoms with Crippen molar-refractivity contribution < 1.29 is 26.2 Å². The largest absolute Gasteiger partial charge is 0.292 e. The molecule has 1 N–H and O–H groups in total. The van der Waals surface area contributed by atoms with Crippen LogP contribution in [-0.4, -0.2) is 76.0 Å². The van der Waals surface area contributed by atoms with Crippen LogP contribution in [0.4, 0.5) is 0 Å². The molecule has 5 rings (SSSR count). The molecule has 0 spiro atoms. The van der Waals surface area contributed by atoms with E-state index in [-0.39, 0.29) is 20.7 Å². The molecule has 14 heteroatoms. The summed E-state index contributed by atoms with van der Waals surface area (Å²) in [4.78, 5) is 14.7. The highest BCUT2D eigenvalue weighted by atomic mass is 32.2. The lowest BCUT2D eigenvalue weighted by atomic mass is 10.1. The third kappa shape index (κ3) is 6.79. The van der Waals surface area contributed by atoms with Gasteiger partial charge in [0.25, 0.3) is 16.0 Å². The molecule has 0 saturated carbocycles. The van der Waals surface area contributed by atoms with Crippen LogP contribution >= 0.6 is 24.0 Å². The first-order chi connectivity index (χ1) is 19.5. The predicted molar refractivity (Wildman–Crippen MR) is 163 cm³/mol. The van der Waals surface area contributed by atoms with E-state index in [1.54, 1.807) is 45.5 Å². The van der Waals surface area contributed by atoms with E-state index in [9.17, 15) is 21.6 Å². The normalized spacial score (nSPS) is 18.3. The number of thioether (sulfide) groups is 1. The number of aromatic nitrogens is 2. The summed E-state index contributed by atoms with van der Waals surface area (Å²) in [5, 5.41) is 4.76. The van der Waals surface area contributed by atoms with Gasteiger partial charge in [-0.3, -0.25) is 14.2 Å². The summed E-state index contributed by atoms with van der Waals surface area (Å²) in [5.41, 5.74) is 2.34. The molecule has 2 aliphatic heterocycles. The number of sulfonamides is 1. The van der Waals surface area contributed by atoms with Crippen molar-refractivity contribution in [1.29, 1.82) is 0 Å². The molecule has 2 saturated heterocycles. The molecule has 10 nitrogen and oxygen atoms in total. The monoisotopic (exact) mass is 632 g/mol. The van der Waals surface area contributed by atoms with E-state index >= 15 is 0 Å². The van der Waals surface area contributed by atoms with E-state index < -0.39 is 31.8 Å². The van der Waals surface area contributed by atoms with E-state index in [0.29, 0.717) is 29.9 Å². The van der Waals surface area contributed by atoms with Crippen molar-refractivity contribution in [3.05, 3.63) is 71.3 Å². The number of carbonyl (C=O) groups is 1. The highest BCUT2D eigenvalue weighted by Gasteiger charge is 2.33. The van der Waals surface area contributed by atoms with Crippen molar-refractivity contribution in [3.63, 3.8) is 0 Å². The fraction of sp³-hybridized carbons (Fsp3) is 0.296. The Morgan fingerprint density at radius 3 is 2.37 bits per heavy atom. The van der Waals surface area contributed by atoms with Gasteiger partial charge in [0.05, 0.1) is 21.2 Å². The van der Waals surface area contributed by atoms with E-state index in [4.69, 9.17) is 21.9 Å². The molecule has 0 radical (unpaired) electrons. The van der Waals surface area contributed by atoms with Gasteiger partial charge in [-0.15, -0.1) is 0 Å². The number of rotatable bonds is 8.